The molecule has 0 radical (unpaired) electrons. The third kappa shape index (κ3) is 2.85. The number of aryl methyl sites for hydroxylation is 2. The molecular weight excluding hydrogens is 225 g/mol. The summed E-state index contributed by atoms with van der Waals surface area (Å²) < 4.78 is 1.61. The van der Waals surface area contributed by atoms with Gasteiger partial charge in [-0.2, -0.15) is 5.10 Å². The molecule has 0 aromatic carbocycles. The van der Waals surface area contributed by atoms with E-state index in [2.05, 4.69) is 5.10 Å². The number of nitrogens with zero attached hydrogens (tertiary/aromatic N) is 2. The first kappa shape index (κ1) is 13.7. The molecule has 1 unspecified atom stereocenters. The zero-order valence-corrected chi connectivity index (χ0v) is 9.77. The summed E-state index contributed by atoms with van der Waals surface area (Å²) >= 11 is 5.98. The summed E-state index contributed by atoms with van der Waals surface area (Å²) in [4.78, 5) is 0. The van der Waals surface area contributed by atoms with E-state index in [1.165, 1.54) is 0 Å². The van der Waals surface area contributed by atoms with Crippen LogP contribution < -0.4 is 5.73 Å². The summed E-state index contributed by atoms with van der Waals surface area (Å²) in [5.74, 6) is 0. The second-order valence-corrected chi connectivity index (χ2v) is 3.48. The van der Waals surface area contributed by atoms with Crippen molar-refractivity contribution in [2.45, 2.75) is 19.4 Å². The first-order valence-electron chi connectivity index (χ1n) is 4.10. The number of hydrogen-bond donors (Lipinski definition) is 2. The predicted molar refractivity (Wildman–Crippen MR) is 59.0 cm³/mol. The Bertz CT molecular complexity index is 301. The van der Waals surface area contributed by atoms with Gasteiger partial charge in [-0.15, -0.1) is 12.4 Å². The molecule has 0 fully saturated rings. The second-order valence-electron chi connectivity index (χ2n) is 3.13. The van der Waals surface area contributed by atoms with Crippen LogP contribution in [0.3, 0.4) is 0 Å². The van der Waals surface area contributed by atoms with E-state index in [1.54, 1.807) is 11.7 Å². The lowest BCUT2D eigenvalue weighted by atomic mass is 10.1. The van der Waals surface area contributed by atoms with Crippen LogP contribution in [0, 0.1) is 6.92 Å². The molecule has 4 nitrogen and oxygen atoms in total. The molecule has 3 N–H and O–H groups in total. The van der Waals surface area contributed by atoms with Gasteiger partial charge in [0.1, 0.15) is 5.15 Å². The van der Waals surface area contributed by atoms with Crippen molar-refractivity contribution in [1.29, 1.82) is 0 Å². The van der Waals surface area contributed by atoms with Gasteiger partial charge >= 0.3 is 0 Å². The van der Waals surface area contributed by atoms with Crippen LogP contribution in [0.25, 0.3) is 0 Å². The second kappa shape index (κ2) is 5.56. The van der Waals surface area contributed by atoms with E-state index in [-0.39, 0.29) is 25.1 Å². The molecule has 0 amide bonds. The number of halogens is 2. The van der Waals surface area contributed by atoms with E-state index >= 15 is 0 Å². The molecule has 0 spiro atoms. The summed E-state index contributed by atoms with van der Waals surface area (Å²) in [6.45, 7) is 1.84. The lowest BCUT2D eigenvalue weighted by Gasteiger charge is -2.06. The first-order chi connectivity index (χ1) is 6.06. The highest BCUT2D eigenvalue weighted by Crippen LogP contribution is 2.19. The van der Waals surface area contributed by atoms with Crippen LogP contribution in [0.4, 0.5) is 0 Å². The average Bonchev–Trinajstić information content (AvgIpc) is 2.32. The Hall–Kier alpha value is -0.290. The van der Waals surface area contributed by atoms with E-state index in [0.29, 0.717) is 11.6 Å². The predicted octanol–water partition coefficient (Wildman–Crippen LogP) is 0.666. The molecule has 6 heteroatoms. The van der Waals surface area contributed by atoms with Gasteiger partial charge in [0.2, 0.25) is 0 Å². The fourth-order valence-corrected chi connectivity index (χ4v) is 1.48. The minimum Gasteiger partial charge on any atom is -0.395 e. The Morgan fingerprint density at radius 2 is 2.21 bits per heavy atom. The van der Waals surface area contributed by atoms with Crippen molar-refractivity contribution in [2.24, 2.45) is 12.8 Å². The van der Waals surface area contributed by atoms with Gasteiger partial charge in [0.05, 0.1) is 12.3 Å². The number of aromatic nitrogens is 2. The molecule has 0 bridgehead atoms. The largest absolute Gasteiger partial charge is 0.395 e. The fraction of sp³-hybridized carbons (Fsp3) is 0.625. The third-order valence-electron chi connectivity index (χ3n) is 1.97. The van der Waals surface area contributed by atoms with E-state index in [0.717, 1.165) is 11.3 Å². The van der Waals surface area contributed by atoms with Gasteiger partial charge in [0, 0.05) is 18.7 Å². The maximum absolute atomic E-state index is 8.79. The molecule has 14 heavy (non-hydrogen) atoms. The fourth-order valence-electron chi connectivity index (χ4n) is 1.23. The molecule has 0 aliphatic heterocycles. The lowest BCUT2D eigenvalue weighted by molar-refractivity contribution is 0.265. The Kier molecular flexibility index (Phi) is 5.44. The average molecular weight is 240 g/mol. The van der Waals surface area contributed by atoms with Crippen molar-refractivity contribution < 1.29 is 5.11 Å². The smallest absolute Gasteiger partial charge is 0.130 e. The molecule has 0 aliphatic rings. The molecular formula is C8H15Cl2N3O. The van der Waals surface area contributed by atoms with Crippen LogP contribution in [0.2, 0.25) is 5.15 Å². The highest BCUT2D eigenvalue weighted by atomic mass is 35.5. The Morgan fingerprint density at radius 1 is 1.64 bits per heavy atom. The Morgan fingerprint density at radius 3 is 2.57 bits per heavy atom. The minimum absolute atomic E-state index is 0. The lowest BCUT2D eigenvalue weighted by Crippen LogP contribution is -2.27. The molecule has 1 heterocycles. The topological polar surface area (TPSA) is 64.1 Å². The van der Waals surface area contributed by atoms with Crippen LogP contribution >= 0.6 is 24.0 Å². The molecule has 1 aromatic heterocycles. The number of hydrogen-bond acceptors (Lipinski definition) is 3. The van der Waals surface area contributed by atoms with Crippen molar-refractivity contribution in [3.63, 3.8) is 0 Å². The van der Waals surface area contributed by atoms with Gasteiger partial charge < -0.3 is 10.8 Å². The van der Waals surface area contributed by atoms with Crippen LogP contribution in [0.5, 0.6) is 0 Å². The van der Waals surface area contributed by atoms with Gasteiger partial charge in [0.15, 0.2) is 0 Å². The van der Waals surface area contributed by atoms with Crippen molar-refractivity contribution in [1.82, 2.24) is 9.78 Å². The monoisotopic (exact) mass is 239 g/mol. The van der Waals surface area contributed by atoms with Crippen LogP contribution in [0.1, 0.15) is 11.3 Å². The zero-order chi connectivity index (χ0) is 10.0. The maximum atomic E-state index is 8.79. The van der Waals surface area contributed by atoms with E-state index in [4.69, 9.17) is 22.4 Å². The maximum Gasteiger partial charge on any atom is 0.130 e. The third-order valence-corrected chi connectivity index (χ3v) is 2.44. The molecule has 0 aliphatic carbocycles. The van der Waals surface area contributed by atoms with Crippen molar-refractivity contribution >= 4 is 24.0 Å². The van der Waals surface area contributed by atoms with Crippen molar-refractivity contribution in [3.8, 4) is 0 Å². The van der Waals surface area contributed by atoms with Crippen LogP contribution in [0.15, 0.2) is 0 Å². The SMILES string of the molecule is Cc1nn(C)c(Cl)c1CC(N)CO.Cl. The Labute approximate surface area is 94.5 Å². The molecule has 0 saturated carbocycles. The van der Waals surface area contributed by atoms with Gasteiger partial charge in [-0.3, -0.25) is 4.68 Å². The summed E-state index contributed by atoms with van der Waals surface area (Å²) in [5.41, 5.74) is 7.40. The van der Waals surface area contributed by atoms with Gasteiger partial charge in [-0.05, 0) is 13.3 Å². The number of aliphatic hydroxyl groups is 1. The molecule has 1 aromatic rings. The molecule has 0 saturated heterocycles. The molecule has 1 atom stereocenters. The van der Waals surface area contributed by atoms with Crippen molar-refractivity contribution in [2.75, 3.05) is 6.61 Å². The van der Waals surface area contributed by atoms with Crippen LogP contribution in [-0.2, 0) is 13.5 Å². The highest BCUT2D eigenvalue weighted by molar-refractivity contribution is 6.30. The summed E-state index contributed by atoms with van der Waals surface area (Å²) in [7, 11) is 1.78. The van der Waals surface area contributed by atoms with Gasteiger partial charge in [-0.25, -0.2) is 0 Å². The number of nitrogens with two attached hydrogens (primary N) is 1. The summed E-state index contributed by atoms with van der Waals surface area (Å²) in [6.07, 6.45) is 0.564. The van der Waals surface area contributed by atoms with Gasteiger partial charge in [0.25, 0.3) is 0 Å². The normalized spacial score (nSPS) is 12.4. The minimum atomic E-state index is -0.264. The quantitative estimate of drug-likeness (QED) is 0.815. The molecule has 1 rings (SSSR count). The van der Waals surface area contributed by atoms with E-state index in [1.807, 2.05) is 6.92 Å². The number of rotatable bonds is 3. The summed E-state index contributed by atoms with van der Waals surface area (Å²) in [5, 5.41) is 13.5. The standard InChI is InChI=1S/C8H14ClN3O.ClH/c1-5-7(3-6(10)4-13)8(9)12(2)11-5;/h6,13H,3-4,10H2,1-2H3;1H. The number of aliphatic hydroxyl groups excluding tert-OH is 1. The first-order valence-corrected chi connectivity index (χ1v) is 4.48. The zero-order valence-electron chi connectivity index (χ0n) is 8.20. The molecule has 82 valence electrons. The van der Waals surface area contributed by atoms with E-state index in [9.17, 15) is 0 Å². The highest BCUT2D eigenvalue weighted by Gasteiger charge is 2.13. The van der Waals surface area contributed by atoms with Crippen LogP contribution in [-0.4, -0.2) is 27.5 Å². The van der Waals surface area contributed by atoms with Crippen molar-refractivity contribution in [3.05, 3.63) is 16.4 Å². The van der Waals surface area contributed by atoms with Gasteiger partial charge in [-0.1, -0.05) is 11.6 Å². The Balaban J connectivity index is 0.00000169. The van der Waals surface area contributed by atoms with E-state index < -0.39 is 0 Å². The summed E-state index contributed by atoms with van der Waals surface area (Å²) in [6, 6.07) is -0.264.